The maximum atomic E-state index is 12.5. The Morgan fingerprint density at radius 1 is 1.28 bits per heavy atom. The predicted octanol–water partition coefficient (Wildman–Crippen LogP) is 2.54. The standard InChI is InChI=1S/C20H24N2O5S2/c1-13(2)15-5-3-14(4-6-15)11-17-19(24)22(20(25)28-17)9-7-18(23)21-16-8-10-29(26,27)12-16/h3-6,11,13,16H,7-10,12H2,1-2H3,(H,21,23). The minimum absolute atomic E-state index is 0.0282. The number of rotatable bonds is 6. The second-order valence-corrected chi connectivity index (χ2v) is 10.8. The van der Waals surface area contributed by atoms with Crippen LogP contribution in [0.25, 0.3) is 6.08 Å². The molecule has 1 atom stereocenters. The van der Waals surface area contributed by atoms with Crippen LogP contribution in [0.2, 0.25) is 0 Å². The van der Waals surface area contributed by atoms with Crippen LogP contribution in [0.5, 0.6) is 0 Å². The van der Waals surface area contributed by atoms with Crippen LogP contribution in [0.3, 0.4) is 0 Å². The SMILES string of the molecule is CC(C)c1ccc(C=C2SC(=O)N(CCC(=O)NC3CCS(=O)(=O)C3)C2=O)cc1. The van der Waals surface area contributed by atoms with Crippen molar-refractivity contribution in [2.45, 2.75) is 38.6 Å². The molecule has 29 heavy (non-hydrogen) atoms. The molecule has 1 aromatic rings. The fraction of sp³-hybridized carbons (Fsp3) is 0.450. The minimum atomic E-state index is -3.08. The highest BCUT2D eigenvalue weighted by atomic mass is 32.2. The van der Waals surface area contributed by atoms with Crippen LogP contribution in [0.4, 0.5) is 4.79 Å². The minimum Gasteiger partial charge on any atom is -0.352 e. The number of nitrogens with one attached hydrogen (secondary N) is 1. The molecule has 7 nitrogen and oxygen atoms in total. The number of carbonyl (C=O) groups excluding carboxylic acids is 3. The first-order valence-electron chi connectivity index (χ1n) is 9.50. The third-order valence-corrected chi connectivity index (χ3v) is 7.61. The van der Waals surface area contributed by atoms with Crippen molar-refractivity contribution >= 4 is 44.7 Å². The maximum Gasteiger partial charge on any atom is 0.293 e. The molecule has 0 bridgehead atoms. The van der Waals surface area contributed by atoms with Crippen molar-refractivity contribution in [1.29, 1.82) is 0 Å². The first kappa shape index (κ1) is 21.6. The van der Waals surface area contributed by atoms with Crippen LogP contribution >= 0.6 is 11.8 Å². The van der Waals surface area contributed by atoms with Gasteiger partial charge in [-0.1, -0.05) is 38.1 Å². The predicted molar refractivity (Wildman–Crippen MR) is 113 cm³/mol. The Morgan fingerprint density at radius 3 is 2.55 bits per heavy atom. The monoisotopic (exact) mass is 436 g/mol. The van der Waals surface area contributed by atoms with Gasteiger partial charge in [0.15, 0.2) is 9.84 Å². The molecule has 156 valence electrons. The first-order chi connectivity index (χ1) is 13.6. The maximum absolute atomic E-state index is 12.5. The van der Waals surface area contributed by atoms with E-state index in [2.05, 4.69) is 19.2 Å². The van der Waals surface area contributed by atoms with Gasteiger partial charge in [0.05, 0.1) is 16.4 Å². The van der Waals surface area contributed by atoms with E-state index in [-0.39, 0.29) is 30.4 Å². The van der Waals surface area contributed by atoms with Gasteiger partial charge in [0.1, 0.15) is 0 Å². The van der Waals surface area contributed by atoms with E-state index >= 15 is 0 Å². The summed E-state index contributed by atoms with van der Waals surface area (Å²) < 4.78 is 22.9. The van der Waals surface area contributed by atoms with E-state index in [4.69, 9.17) is 0 Å². The van der Waals surface area contributed by atoms with Crippen molar-refractivity contribution in [2.75, 3.05) is 18.1 Å². The normalized spacial score (nSPS) is 22.7. The summed E-state index contributed by atoms with van der Waals surface area (Å²) in [6.45, 7) is 4.17. The van der Waals surface area contributed by atoms with Gasteiger partial charge in [-0.25, -0.2) is 8.42 Å². The molecule has 2 aliphatic rings. The smallest absolute Gasteiger partial charge is 0.293 e. The molecule has 3 amide bonds. The zero-order chi connectivity index (χ0) is 21.2. The molecule has 1 aromatic carbocycles. The number of hydrogen-bond acceptors (Lipinski definition) is 6. The highest BCUT2D eigenvalue weighted by molar-refractivity contribution is 8.18. The fourth-order valence-corrected chi connectivity index (χ4v) is 5.78. The van der Waals surface area contributed by atoms with E-state index in [0.29, 0.717) is 17.2 Å². The molecule has 2 fully saturated rings. The largest absolute Gasteiger partial charge is 0.352 e. The molecule has 2 heterocycles. The summed E-state index contributed by atoms with van der Waals surface area (Å²) in [5.41, 5.74) is 2.02. The first-order valence-corrected chi connectivity index (χ1v) is 12.1. The van der Waals surface area contributed by atoms with Gasteiger partial charge in [0.25, 0.3) is 11.1 Å². The molecule has 1 N–H and O–H groups in total. The highest BCUT2D eigenvalue weighted by Crippen LogP contribution is 2.32. The summed E-state index contributed by atoms with van der Waals surface area (Å²) in [6.07, 6.45) is 2.03. The van der Waals surface area contributed by atoms with Gasteiger partial charge in [-0.05, 0) is 41.3 Å². The third-order valence-electron chi connectivity index (χ3n) is 4.93. The molecule has 9 heteroatoms. The lowest BCUT2D eigenvalue weighted by Crippen LogP contribution is -2.38. The summed E-state index contributed by atoms with van der Waals surface area (Å²) in [6, 6.07) is 7.41. The van der Waals surface area contributed by atoms with Gasteiger partial charge < -0.3 is 5.32 Å². The van der Waals surface area contributed by atoms with E-state index in [1.807, 2.05) is 24.3 Å². The number of carbonyl (C=O) groups is 3. The molecule has 0 spiro atoms. The molecule has 2 aliphatic heterocycles. The van der Waals surface area contributed by atoms with Gasteiger partial charge in [0.2, 0.25) is 5.91 Å². The zero-order valence-corrected chi connectivity index (χ0v) is 18.0. The van der Waals surface area contributed by atoms with Crippen molar-refractivity contribution in [3.63, 3.8) is 0 Å². The Hall–Kier alpha value is -2.13. The number of thioether (sulfide) groups is 1. The molecule has 0 aliphatic carbocycles. The van der Waals surface area contributed by atoms with Gasteiger partial charge in [-0.15, -0.1) is 0 Å². The van der Waals surface area contributed by atoms with Crippen LogP contribution < -0.4 is 5.32 Å². The molecular formula is C20H24N2O5S2. The van der Waals surface area contributed by atoms with Crippen LogP contribution in [-0.4, -0.2) is 54.5 Å². The lowest BCUT2D eigenvalue weighted by Gasteiger charge is -2.14. The molecular weight excluding hydrogens is 412 g/mol. The van der Waals surface area contributed by atoms with Crippen LogP contribution in [-0.2, 0) is 19.4 Å². The van der Waals surface area contributed by atoms with Gasteiger partial charge in [-0.2, -0.15) is 0 Å². The van der Waals surface area contributed by atoms with E-state index in [9.17, 15) is 22.8 Å². The molecule has 0 aromatic heterocycles. The quantitative estimate of drug-likeness (QED) is 0.688. The Labute approximate surface area is 174 Å². The molecule has 0 saturated carbocycles. The second-order valence-electron chi connectivity index (χ2n) is 7.57. The third kappa shape index (κ3) is 5.48. The summed E-state index contributed by atoms with van der Waals surface area (Å²) in [7, 11) is -3.08. The Morgan fingerprint density at radius 2 is 1.97 bits per heavy atom. The van der Waals surface area contributed by atoms with Crippen molar-refractivity contribution in [1.82, 2.24) is 10.2 Å². The number of sulfone groups is 1. The Kier molecular flexibility index (Phi) is 6.48. The summed E-state index contributed by atoms with van der Waals surface area (Å²) in [4.78, 5) is 38.2. The van der Waals surface area contributed by atoms with Crippen LogP contribution in [0.15, 0.2) is 29.2 Å². The summed E-state index contributed by atoms with van der Waals surface area (Å²) in [5.74, 6) is -0.349. The number of imide groups is 1. The second kappa shape index (κ2) is 8.71. The van der Waals surface area contributed by atoms with Crippen LogP contribution in [0.1, 0.15) is 43.7 Å². The molecule has 2 saturated heterocycles. The van der Waals surface area contributed by atoms with E-state index in [0.717, 1.165) is 22.2 Å². The summed E-state index contributed by atoms with van der Waals surface area (Å²) >= 11 is 0.859. The lowest BCUT2D eigenvalue weighted by atomic mass is 10.0. The lowest BCUT2D eigenvalue weighted by molar-refractivity contribution is -0.124. The number of benzene rings is 1. The zero-order valence-electron chi connectivity index (χ0n) is 16.4. The van der Waals surface area contributed by atoms with Gasteiger partial charge >= 0.3 is 0 Å². The van der Waals surface area contributed by atoms with E-state index in [1.165, 1.54) is 5.56 Å². The Bertz CT molecular complexity index is 952. The van der Waals surface area contributed by atoms with Crippen molar-refractivity contribution in [3.05, 3.63) is 40.3 Å². The number of amides is 3. The summed E-state index contributed by atoms with van der Waals surface area (Å²) in [5, 5.41) is 2.26. The van der Waals surface area contributed by atoms with Crippen molar-refractivity contribution < 1.29 is 22.8 Å². The number of hydrogen-bond donors (Lipinski definition) is 1. The fourth-order valence-electron chi connectivity index (χ4n) is 3.24. The molecule has 0 radical (unpaired) electrons. The van der Waals surface area contributed by atoms with E-state index < -0.39 is 27.0 Å². The van der Waals surface area contributed by atoms with Crippen molar-refractivity contribution in [3.8, 4) is 0 Å². The number of nitrogens with zero attached hydrogens (tertiary/aromatic N) is 1. The van der Waals surface area contributed by atoms with E-state index in [1.54, 1.807) is 6.08 Å². The average Bonchev–Trinajstić information content (AvgIpc) is 3.12. The average molecular weight is 437 g/mol. The Balaban J connectivity index is 1.56. The van der Waals surface area contributed by atoms with Gasteiger partial charge in [0, 0.05) is 19.0 Å². The topological polar surface area (TPSA) is 101 Å². The van der Waals surface area contributed by atoms with Crippen LogP contribution in [0, 0.1) is 0 Å². The van der Waals surface area contributed by atoms with Crippen molar-refractivity contribution in [2.24, 2.45) is 0 Å². The highest BCUT2D eigenvalue weighted by Gasteiger charge is 2.35. The molecule has 1 unspecified atom stereocenters. The molecule has 3 rings (SSSR count). The van der Waals surface area contributed by atoms with Gasteiger partial charge in [-0.3, -0.25) is 19.3 Å².